The number of aliphatic imine (C=N–C) groups is 1. The van der Waals surface area contributed by atoms with Crippen molar-refractivity contribution in [3.8, 4) is 0 Å². The van der Waals surface area contributed by atoms with E-state index in [2.05, 4.69) is 36.1 Å². The molecule has 0 aromatic rings. The van der Waals surface area contributed by atoms with Crippen LogP contribution < -0.4 is 10.6 Å². The van der Waals surface area contributed by atoms with Crippen LogP contribution in [0.1, 0.15) is 13.8 Å². The van der Waals surface area contributed by atoms with Crippen LogP contribution in [-0.4, -0.2) is 25.6 Å². The summed E-state index contributed by atoms with van der Waals surface area (Å²) in [6.07, 6.45) is 1.80. The fraction of sp³-hybridized carbons (Fsp3) is 0.625. The number of guanidine groups is 1. The lowest BCUT2D eigenvalue weighted by Crippen LogP contribution is -2.40. The van der Waals surface area contributed by atoms with Crippen LogP contribution in [0.15, 0.2) is 17.6 Å². The van der Waals surface area contributed by atoms with Crippen LogP contribution in [0.3, 0.4) is 0 Å². The lowest BCUT2D eigenvalue weighted by molar-refractivity contribution is 0.709. The molecule has 0 bridgehead atoms. The van der Waals surface area contributed by atoms with E-state index < -0.39 is 0 Å². The lowest BCUT2D eigenvalue weighted by Gasteiger charge is -2.12. The molecule has 0 atom stereocenters. The smallest absolute Gasteiger partial charge is 0.191 e. The number of nitrogens with one attached hydrogen (secondary N) is 2. The Morgan fingerprint density at radius 2 is 2.17 bits per heavy atom. The molecule has 0 radical (unpaired) electrons. The van der Waals surface area contributed by atoms with Crippen molar-refractivity contribution in [3.05, 3.63) is 12.7 Å². The molecule has 3 nitrogen and oxygen atoms in total. The van der Waals surface area contributed by atoms with E-state index in [0.29, 0.717) is 6.04 Å². The lowest BCUT2D eigenvalue weighted by atomic mass is 10.4. The number of hydrogen-bond donors (Lipinski definition) is 2. The zero-order chi connectivity index (χ0) is 8.69. The summed E-state index contributed by atoms with van der Waals surface area (Å²) in [6, 6.07) is 0.408. The van der Waals surface area contributed by atoms with E-state index in [1.165, 1.54) is 0 Å². The highest BCUT2D eigenvalue weighted by molar-refractivity contribution is 14.0. The van der Waals surface area contributed by atoms with E-state index in [-0.39, 0.29) is 24.0 Å². The summed E-state index contributed by atoms with van der Waals surface area (Å²) in [5.41, 5.74) is 0. The van der Waals surface area contributed by atoms with Crippen molar-refractivity contribution in [2.75, 3.05) is 13.6 Å². The molecule has 0 aromatic carbocycles. The molecular formula is C8H18IN3. The van der Waals surface area contributed by atoms with E-state index in [4.69, 9.17) is 0 Å². The molecule has 0 amide bonds. The average Bonchev–Trinajstić information content (AvgIpc) is 1.97. The van der Waals surface area contributed by atoms with Gasteiger partial charge >= 0.3 is 0 Å². The maximum Gasteiger partial charge on any atom is 0.191 e. The second kappa shape index (κ2) is 8.83. The van der Waals surface area contributed by atoms with Crippen molar-refractivity contribution in [3.63, 3.8) is 0 Å². The van der Waals surface area contributed by atoms with Crippen LogP contribution >= 0.6 is 24.0 Å². The first-order valence-corrected chi connectivity index (χ1v) is 3.78. The van der Waals surface area contributed by atoms with Gasteiger partial charge in [-0.2, -0.15) is 0 Å². The van der Waals surface area contributed by atoms with Crippen molar-refractivity contribution in [1.29, 1.82) is 0 Å². The van der Waals surface area contributed by atoms with E-state index in [1.54, 1.807) is 13.1 Å². The Morgan fingerprint density at radius 3 is 2.50 bits per heavy atom. The molecule has 0 saturated carbocycles. The summed E-state index contributed by atoms with van der Waals surface area (Å²) < 4.78 is 0. The maximum atomic E-state index is 4.01. The zero-order valence-corrected chi connectivity index (χ0v) is 10.3. The minimum atomic E-state index is 0. The molecule has 0 heterocycles. The third-order valence-corrected chi connectivity index (χ3v) is 1.06. The van der Waals surface area contributed by atoms with Gasteiger partial charge in [-0.25, -0.2) is 0 Å². The van der Waals surface area contributed by atoms with Gasteiger partial charge in [-0.1, -0.05) is 6.08 Å². The van der Waals surface area contributed by atoms with Crippen LogP contribution in [0.4, 0.5) is 0 Å². The number of rotatable bonds is 3. The highest BCUT2D eigenvalue weighted by Gasteiger charge is 1.95. The van der Waals surface area contributed by atoms with Crippen LogP contribution in [0.5, 0.6) is 0 Å². The monoisotopic (exact) mass is 283 g/mol. The second-order valence-corrected chi connectivity index (χ2v) is 2.54. The molecule has 0 rings (SSSR count). The van der Waals surface area contributed by atoms with E-state index >= 15 is 0 Å². The molecule has 0 unspecified atom stereocenters. The standard InChI is InChI=1S/C8H17N3.HI/c1-5-6-10-8(9-4)11-7(2)3;/h5,7H,1,6H2,2-4H3,(H2,9,10,11);1H. The first-order valence-electron chi connectivity index (χ1n) is 3.78. The third-order valence-electron chi connectivity index (χ3n) is 1.06. The first-order chi connectivity index (χ1) is 5.20. The minimum absolute atomic E-state index is 0. The third kappa shape index (κ3) is 7.84. The molecule has 2 N–H and O–H groups in total. The number of nitrogens with zero attached hydrogens (tertiary/aromatic N) is 1. The fourth-order valence-corrected chi connectivity index (χ4v) is 0.637. The van der Waals surface area contributed by atoms with Crippen LogP contribution in [0, 0.1) is 0 Å². The Labute approximate surface area is 91.7 Å². The molecule has 0 aliphatic heterocycles. The summed E-state index contributed by atoms with van der Waals surface area (Å²) in [7, 11) is 1.75. The van der Waals surface area contributed by atoms with Gasteiger partial charge in [-0.05, 0) is 13.8 Å². The van der Waals surface area contributed by atoms with Gasteiger partial charge in [0, 0.05) is 19.6 Å². The molecular weight excluding hydrogens is 265 g/mol. The fourth-order valence-electron chi connectivity index (χ4n) is 0.637. The predicted octanol–water partition coefficient (Wildman–Crippen LogP) is 1.36. The number of hydrogen-bond acceptors (Lipinski definition) is 1. The average molecular weight is 283 g/mol. The van der Waals surface area contributed by atoms with Gasteiger partial charge in [0.1, 0.15) is 0 Å². The van der Waals surface area contributed by atoms with Gasteiger partial charge in [0.15, 0.2) is 5.96 Å². The Hall–Kier alpha value is -0.260. The second-order valence-electron chi connectivity index (χ2n) is 2.54. The molecule has 12 heavy (non-hydrogen) atoms. The Balaban J connectivity index is 0. The van der Waals surface area contributed by atoms with Gasteiger partial charge < -0.3 is 10.6 Å². The van der Waals surface area contributed by atoms with E-state index in [0.717, 1.165) is 12.5 Å². The quantitative estimate of drug-likeness (QED) is 0.355. The largest absolute Gasteiger partial charge is 0.354 e. The molecule has 0 aliphatic carbocycles. The summed E-state index contributed by atoms with van der Waals surface area (Å²) in [5, 5.41) is 6.23. The van der Waals surface area contributed by atoms with Crippen LogP contribution in [0.25, 0.3) is 0 Å². The normalized spacial score (nSPS) is 10.5. The Bertz CT molecular complexity index is 143. The maximum absolute atomic E-state index is 4.01. The van der Waals surface area contributed by atoms with Crippen molar-refractivity contribution < 1.29 is 0 Å². The molecule has 0 fully saturated rings. The van der Waals surface area contributed by atoms with Gasteiger partial charge in [0.2, 0.25) is 0 Å². The van der Waals surface area contributed by atoms with Crippen molar-refractivity contribution in [2.24, 2.45) is 4.99 Å². The zero-order valence-electron chi connectivity index (χ0n) is 7.92. The predicted molar refractivity (Wildman–Crippen MR) is 65.2 cm³/mol. The van der Waals surface area contributed by atoms with Gasteiger partial charge in [0.05, 0.1) is 0 Å². The van der Waals surface area contributed by atoms with E-state index in [9.17, 15) is 0 Å². The summed E-state index contributed by atoms with van der Waals surface area (Å²) in [6.45, 7) is 8.48. The molecule has 0 spiro atoms. The molecule has 72 valence electrons. The van der Waals surface area contributed by atoms with E-state index in [1.807, 2.05) is 0 Å². The van der Waals surface area contributed by atoms with Crippen LogP contribution in [-0.2, 0) is 0 Å². The topological polar surface area (TPSA) is 36.4 Å². The molecule has 4 heteroatoms. The molecule has 0 aliphatic rings. The Kier molecular flexibility index (Phi) is 10.5. The Morgan fingerprint density at radius 1 is 1.58 bits per heavy atom. The summed E-state index contributed by atoms with van der Waals surface area (Å²) in [5.74, 6) is 0.819. The van der Waals surface area contributed by atoms with Crippen molar-refractivity contribution in [1.82, 2.24) is 10.6 Å². The van der Waals surface area contributed by atoms with Crippen molar-refractivity contribution >= 4 is 29.9 Å². The van der Waals surface area contributed by atoms with Gasteiger partial charge in [0.25, 0.3) is 0 Å². The van der Waals surface area contributed by atoms with Gasteiger partial charge in [-0.3, -0.25) is 4.99 Å². The highest BCUT2D eigenvalue weighted by atomic mass is 127. The highest BCUT2D eigenvalue weighted by Crippen LogP contribution is 1.76. The molecule has 0 aromatic heterocycles. The minimum Gasteiger partial charge on any atom is -0.354 e. The van der Waals surface area contributed by atoms with Crippen LogP contribution in [0.2, 0.25) is 0 Å². The van der Waals surface area contributed by atoms with Gasteiger partial charge in [-0.15, -0.1) is 30.6 Å². The first kappa shape index (κ1) is 14.3. The number of halogens is 1. The van der Waals surface area contributed by atoms with Crippen molar-refractivity contribution in [2.45, 2.75) is 19.9 Å². The molecule has 0 saturated heterocycles. The summed E-state index contributed by atoms with van der Waals surface area (Å²) >= 11 is 0. The summed E-state index contributed by atoms with van der Waals surface area (Å²) in [4.78, 5) is 4.01. The SMILES string of the molecule is C=CCNC(=NC)NC(C)C.I.